The predicted molar refractivity (Wildman–Crippen MR) is 341 cm³/mol. The van der Waals surface area contributed by atoms with Crippen molar-refractivity contribution in [1.82, 2.24) is 60.9 Å². The lowest BCUT2D eigenvalue weighted by atomic mass is 9.86. The zero-order valence-electron chi connectivity index (χ0n) is 53.4. The number of halogens is 7. The molecule has 3 amide bonds. The van der Waals surface area contributed by atoms with Gasteiger partial charge in [0.05, 0.1) is 30.0 Å². The van der Waals surface area contributed by atoms with Gasteiger partial charge in [-0.15, -0.1) is 21.5 Å². The van der Waals surface area contributed by atoms with Crippen LogP contribution in [0.2, 0.25) is 5.15 Å². The van der Waals surface area contributed by atoms with E-state index >= 15 is 0 Å². The van der Waals surface area contributed by atoms with Crippen LogP contribution < -0.4 is 16.0 Å². The fourth-order valence-corrected chi connectivity index (χ4v) is 13.8. The van der Waals surface area contributed by atoms with Crippen molar-refractivity contribution in [3.8, 4) is 11.4 Å². The van der Waals surface area contributed by atoms with E-state index in [4.69, 9.17) is 11.6 Å². The number of hydrogen-bond acceptors (Lipinski definition) is 17. The summed E-state index contributed by atoms with van der Waals surface area (Å²) in [6, 6.07) is 21.5. The lowest BCUT2D eigenvalue weighted by molar-refractivity contribution is -0.147. The van der Waals surface area contributed by atoms with E-state index in [1.54, 1.807) is 90.6 Å². The number of carbonyl (C=O) groups excluding carboxylic acids is 9. The molecule has 0 saturated heterocycles. The van der Waals surface area contributed by atoms with Crippen LogP contribution in [0.1, 0.15) is 153 Å². The molecule has 0 aliphatic heterocycles. The molecule has 6 unspecified atom stereocenters. The number of Topliss-reactive ketones (excluding diaryl/α,β-unsaturated/α-hetero) is 6. The molecule has 3 fully saturated rings. The Kier molecular flexibility index (Phi) is 22.2. The van der Waals surface area contributed by atoms with Gasteiger partial charge in [-0.25, -0.2) is 14.3 Å². The van der Waals surface area contributed by atoms with E-state index in [0.717, 1.165) is 61.4 Å². The van der Waals surface area contributed by atoms with Crippen molar-refractivity contribution in [2.24, 2.45) is 17.8 Å². The zero-order valence-corrected chi connectivity index (χ0v) is 55.0. The molecule has 3 aliphatic carbocycles. The van der Waals surface area contributed by atoms with Crippen molar-refractivity contribution in [3.63, 3.8) is 0 Å². The first-order chi connectivity index (χ1) is 45.9. The summed E-state index contributed by atoms with van der Waals surface area (Å²) >= 11 is 5.46. The Morgan fingerprint density at radius 1 is 0.536 bits per heavy atom. The monoisotopic (exact) mass is 1370 g/mol. The molecule has 3 aliphatic rings. The number of ketones is 6. The lowest BCUT2D eigenvalue weighted by Gasteiger charge is -2.17. The number of nitrogens with one attached hydrogen (secondary N) is 3. The van der Waals surface area contributed by atoms with Crippen molar-refractivity contribution in [1.29, 1.82) is 0 Å². The second kappa shape index (κ2) is 30.1. The van der Waals surface area contributed by atoms with Gasteiger partial charge in [-0.2, -0.15) is 26.3 Å². The molecule has 0 radical (unpaired) electrons. The van der Waals surface area contributed by atoms with Crippen LogP contribution in [0.4, 0.5) is 26.3 Å². The third kappa shape index (κ3) is 16.5. The summed E-state index contributed by atoms with van der Waals surface area (Å²) in [5.41, 5.74) is 8.47. The number of aromatic nitrogens is 9. The number of hydrogen-bond donors (Lipinski definition) is 3. The second-order valence-electron chi connectivity index (χ2n) is 24.0. The molecular weight excluding hydrogens is 1310 g/mol. The van der Waals surface area contributed by atoms with Crippen LogP contribution in [0.25, 0.3) is 11.4 Å². The van der Waals surface area contributed by atoms with Gasteiger partial charge in [0.25, 0.3) is 17.7 Å². The Morgan fingerprint density at radius 2 is 0.938 bits per heavy atom. The minimum absolute atomic E-state index is 0.0386. The summed E-state index contributed by atoms with van der Waals surface area (Å²) in [5.74, 6) is -6.94. The van der Waals surface area contributed by atoms with Crippen molar-refractivity contribution in [2.45, 2.75) is 117 Å². The molecule has 5 heterocycles. The maximum atomic E-state index is 13.1. The Bertz CT molecular complexity index is 4280. The molecule has 0 spiro atoms. The van der Waals surface area contributed by atoms with E-state index < -0.39 is 80.7 Å². The van der Waals surface area contributed by atoms with E-state index in [0.29, 0.717) is 42.9 Å². The molecule has 29 heteroatoms. The number of carbonyl (C=O) groups is 9. The standard InChI is InChI=1S/C23H22ClN5O3.C23H23N5O3.C22H20F6N2O3S/c1-13-9-16(29-12-19(24)27-28-29)10-14(2)20(13)21-18(30)11-15(22(21)31)6-8-26-23(32)17-5-3-4-7-25-17;1-14-11-17(28-10-9-26-27-28)12-15(2)20(14)21-19(29)13-16(22(21)30)6-8-25-23(31)18-5-3-4-7-24-18;1-9-6-10(2)14(11(3)7-9)15-13(31)8-12(16(15)32)4-5-29-19(33)17-18(21(23,24)25)30-20(34-17)22(26,27)28/h3-5,7,9-10,12,15,21H,6,8,11H2,1-2H3,(H,26,32);3-5,7,9-12,16,21H,6,8,13H2,1-2H3,(H,25,31);6-7,12,15H,4-5,8H2,1-3H3,(H,29,33). The summed E-state index contributed by atoms with van der Waals surface area (Å²) in [6.45, 7) is 13.4. The molecule has 21 nitrogen and oxygen atoms in total. The van der Waals surface area contributed by atoms with Gasteiger partial charge < -0.3 is 16.0 Å². The summed E-state index contributed by atoms with van der Waals surface area (Å²) in [5, 5.41) is 21.8. The first-order valence-electron chi connectivity index (χ1n) is 30.7. The van der Waals surface area contributed by atoms with E-state index in [-0.39, 0.29) is 83.9 Å². The molecule has 6 atom stereocenters. The lowest BCUT2D eigenvalue weighted by Crippen LogP contribution is -2.28. The van der Waals surface area contributed by atoms with Crippen LogP contribution in [0.3, 0.4) is 0 Å². The van der Waals surface area contributed by atoms with Gasteiger partial charge in [0.15, 0.2) is 33.2 Å². The molecule has 3 saturated carbocycles. The topological polar surface area (TPSA) is 290 Å². The van der Waals surface area contributed by atoms with Crippen molar-refractivity contribution in [3.05, 3.63) is 192 Å². The average Bonchev–Trinajstić information content (AvgIpc) is 1.71. The van der Waals surface area contributed by atoms with Gasteiger partial charge in [-0.1, -0.05) is 51.9 Å². The first kappa shape index (κ1) is 71.5. The molecule has 3 N–H and O–H groups in total. The van der Waals surface area contributed by atoms with Crippen LogP contribution in [0.5, 0.6) is 0 Å². The summed E-state index contributed by atoms with van der Waals surface area (Å²) < 4.78 is 80.9. The Balaban J connectivity index is 0.000000171. The van der Waals surface area contributed by atoms with Gasteiger partial charge in [0.1, 0.15) is 51.4 Å². The predicted octanol–water partition coefficient (Wildman–Crippen LogP) is 10.5. The number of benzene rings is 3. The third-order valence-corrected chi connectivity index (χ3v) is 18.3. The molecule has 11 rings (SSSR count). The molecule has 0 bridgehead atoms. The van der Waals surface area contributed by atoms with Gasteiger partial charge in [-0.3, -0.25) is 53.1 Å². The van der Waals surface area contributed by atoms with Gasteiger partial charge >= 0.3 is 12.4 Å². The van der Waals surface area contributed by atoms with E-state index in [9.17, 15) is 69.5 Å². The number of thiazole rings is 1. The quantitative estimate of drug-likeness (QED) is 0.0564. The van der Waals surface area contributed by atoms with Crippen molar-refractivity contribution >= 4 is 75.4 Å². The van der Waals surface area contributed by atoms with Crippen molar-refractivity contribution in [2.75, 3.05) is 19.6 Å². The van der Waals surface area contributed by atoms with E-state index in [2.05, 4.69) is 51.5 Å². The Hall–Kier alpha value is -9.83. The van der Waals surface area contributed by atoms with Crippen LogP contribution in [-0.2, 0) is 41.1 Å². The molecular formula is C68H65ClF6N12O9S. The number of amides is 3. The van der Waals surface area contributed by atoms with E-state index in [1.807, 2.05) is 71.0 Å². The SMILES string of the molecule is Cc1cc(-n2cc(Cl)nn2)cc(C)c1C1C(=O)CC(CCNC(=O)c2ccccn2)C1=O.Cc1cc(-n2ccnn2)cc(C)c1C1C(=O)CC(CCNC(=O)c2ccccn2)C1=O.Cc1cc(C)c(C2C(=O)CC(CCNC(=O)c3sc(C(F)(F)F)nc3C(F)(F)F)C2=O)c(C)c1. The highest BCUT2D eigenvalue weighted by atomic mass is 35.5. The number of rotatable bonds is 17. The minimum Gasteiger partial charge on any atom is -0.351 e. The average molecular weight is 1380 g/mol. The van der Waals surface area contributed by atoms with Crippen LogP contribution >= 0.6 is 22.9 Å². The maximum absolute atomic E-state index is 13.1. The molecule has 506 valence electrons. The highest BCUT2D eigenvalue weighted by molar-refractivity contribution is 7.14. The Labute approximate surface area is 560 Å². The normalized spacial score (nSPS) is 18.6. The Morgan fingerprint density at radius 3 is 1.29 bits per heavy atom. The van der Waals surface area contributed by atoms with Crippen LogP contribution in [0, 0.1) is 66.2 Å². The van der Waals surface area contributed by atoms with Crippen LogP contribution in [0.15, 0.2) is 104 Å². The summed E-state index contributed by atoms with van der Waals surface area (Å²) in [7, 11) is 0. The molecule has 3 aromatic carbocycles. The smallest absolute Gasteiger partial charge is 0.351 e. The zero-order chi connectivity index (χ0) is 70.4. The molecule has 8 aromatic rings. The van der Waals surface area contributed by atoms with Crippen LogP contribution in [-0.4, -0.2) is 117 Å². The van der Waals surface area contributed by atoms with Gasteiger partial charge in [-0.05, 0) is 166 Å². The molecule has 97 heavy (non-hydrogen) atoms. The van der Waals surface area contributed by atoms with Gasteiger partial charge in [0, 0.05) is 69.0 Å². The highest BCUT2D eigenvalue weighted by Gasteiger charge is 2.47. The van der Waals surface area contributed by atoms with E-state index in [1.165, 1.54) is 0 Å². The fourth-order valence-electron chi connectivity index (χ4n) is 12.8. The second-order valence-corrected chi connectivity index (χ2v) is 25.4. The largest absolute Gasteiger partial charge is 0.443 e. The highest BCUT2D eigenvalue weighted by Crippen LogP contribution is 2.43. The number of pyridine rings is 2. The maximum Gasteiger partial charge on any atom is 0.443 e. The number of nitrogens with zero attached hydrogens (tertiary/aromatic N) is 9. The molecule has 5 aromatic heterocycles. The third-order valence-electron chi connectivity index (χ3n) is 17.0. The summed E-state index contributed by atoms with van der Waals surface area (Å²) in [6.07, 6.45) is -1.26. The fraction of sp³-hybridized carbons (Fsp3) is 0.353. The van der Waals surface area contributed by atoms with Crippen molar-refractivity contribution < 1.29 is 69.5 Å². The minimum atomic E-state index is -5.25. The summed E-state index contributed by atoms with van der Waals surface area (Å²) in [4.78, 5) is 123. The number of aryl methyl sites for hydroxylation is 7. The first-order valence-corrected chi connectivity index (χ1v) is 31.9. The number of alkyl halides is 6. The van der Waals surface area contributed by atoms with Gasteiger partial charge in [0.2, 0.25) is 0 Å².